The molecule has 0 fully saturated rings. The van der Waals surface area contributed by atoms with Gasteiger partial charge < -0.3 is 5.11 Å². The third-order valence-corrected chi connectivity index (χ3v) is 3.21. The molecule has 7 nitrogen and oxygen atoms in total. The molecule has 0 saturated heterocycles. The Morgan fingerprint density at radius 2 is 2.31 bits per heavy atom. The van der Waals surface area contributed by atoms with Crippen molar-refractivity contribution in [2.45, 2.75) is 6.42 Å². The number of nitrogens with one attached hydrogen (secondary N) is 1. The Kier molecular flexibility index (Phi) is 4.02. The van der Waals surface area contributed by atoms with Crippen LogP contribution in [0.5, 0.6) is 0 Å². The van der Waals surface area contributed by atoms with E-state index in [1.54, 1.807) is 24.0 Å². The molecule has 0 unspecified atom stereocenters. The van der Waals surface area contributed by atoms with Gasteiger partial charge in [0.2, 0.25) is 10.0 Å². The van der Waals surface area contributed by atoms with Crippen molar-refractivity contribution in [3.05, 3.63) is 18.0 Å². The lowest BCUT2D eigenvalue weighted by molar-refractivity contribution is -0.134. The Bertz CT molecular complexity index is 465. The molecule has 1 heterocycles. The lowest BCUT2D eigenvalue weighted by Gasteiger charge is -2.04. The normalized spacial score (nSPS) is 11.6. The molecule has 0 radical (unpaired) electrons. The molecule has 0 bridgehead atoms. The molecule has 2 N–H and O–H groups in total. The van der Waals surface area contributed by atoms with E-state index in [9.17, 15) is 13.2 Å². The van der Waals surface area contributed by atoms with Crippen LogP contribution in [0.15, 0.2) is 12.3 Å². The van der Waals surface area contributed by atoms with Crippen molar-refractivity contribution in [1.82, 2.24) is 14.5 Å². The van der Waals surface area contributed by atoms with E-state index in [2.05, 4.69) is 9.82 Å². The van der Waals surface area contributed by atoms with Gasteiger partial charge in [0.1, 0.15) is 0 Å². The van der Waals surface area contributed by atoms with Crippen molar-refractivity contribution in [2.24, 2.45) is 7.05 Å². The minimum absolute atomic E-state index is 0.162. The molecule has 1 aromatic heterocycles. The van der Waals surface area contributed by atoms with E-state index in [1.807, 2.05) is 0 Å². The summed E-state index contributed by atoms with van der Waals surface area (Å²) >= 11 is 0. The number of hydrogen-bond donors (Lipinski definition) is 2. The summed E-state index contributed by atoms with van der Waals surface area (Å²) in [5, 5.41) is 12.3. The first-order chi connectivity index (χ1) is 7.41. The highest BCUT2D eigenvalue weighted by atomic mass is 32.2. The molecule has 1 aromatic rings. The molecule has 0 atom stereocenters. The average molecular weight is 247 g/mol. The number of rotatable bonds is 6. The second-order valence-corrected chi connectivity index (χ2v) is 5.05. The second-order valence-electron chi connectivity index (χ2n) is 3.24. The smallest absolute Gasteiger partial charge is 0.320 e. The summed E-state index contributed by atoms with van der Waals surface area (Å²) in [5.74, 6) is -2.27. The van der Waals surface area contributed by atoms with Crippen molar-refractivity contribution in [3.8, 4) is 0 Å². The first kappa shape index (κ1) is 12.7. The van der Waals surface area contributed by atoms with Gasteiger partial charge in [-0.05, 0) is 6.07 Å². The van der Waals surface area contributed by atoms with Crippen molar-refractivity contribution in [3.63, 3.8) is 0 Å². The molecule has 0 aliphatic carbocycles. The number of carboxylic acids is 1. The van der Waals surface area contributed by atoms with E-state index in [0.29, 0.717) is 6.42 Å². The van der Waals surface area contributed by atoms with Gasteiger partial charge in [0.25, 0.3) is 0 Å². The average Bonchev–Trinajstić information content (AvgIpc) is 2.49. The zero-order chi connectivity index (χ0) is 12.2. The Balaban J connectivity index is 2.42. The van der Waals surface area contributed by atoms with Gasteiger partial charge >= 0.3 is 5.97 Å². The van der Waals surface area contributed by atoms with E-state index >= 15 is 0 Å². The Hall–Kier alpha value is -1.41. The van der Waals surface area contributed by atoms with Gasteiger partial charge in [-0.15, -0.1) is 0 Å². The molecule has 0 aromatic carbocycles. The maximum absolute atomic E-state index is 11.1. The maximum atomic E-state index is 11.1. The summed E-state index contributed by atoms with van der Waals surface area (Å²) in [7, 11) is -1.98. The molecular weight excluding hydrogens is 234 g/mol. The largest absolute Gasteiger partial charge is 0.480 e. The summed E-state index contributed by atoms with van der Waals surface area (Å²) in [6.07, 6.45) is 2.08. The summed E-state index contributed by atoms with van der Waals surface area (Å²) in [5.41, 5.74) is 0.873. The topological polar surface area (TPSA) is 101 Å². The molecule has 1 rings (SSSR count). The molecule has 0 aliphatic rings. The van der Waals surface area contributed by atoms with Gasteiger partial charge in [-0.3, -0.25) is 9.48 Å². The summed E-state index contributed by atoms with van der Waals surface area (Å²) in [4.78, 5) is 10.2. The highest BCUT2D eigenvalue weighted by molar-refractivity contribution is 7.90. The van der Waals surface area contributed by atoms with Crippen molar-refractivity contribution in [2.75, 3.05) is 12.3 Å². The molecule has 0 aliphatic heterocycles. The molecule has 0 saturated carbocycles. The summed E-state index contributed by atoms with van der Waals surface area (Å²) in [6, 6.07) is 1.77. The van der Waals surface area contributed by atoms with Gasteiger partial charge in [-0.1, -0.05) is 0 Å². The van der Waals surface area contributed by atoms with Crippen LogP contribution in [0, 0.1) is 0 Å². The van der Waals surface area contributed by atoms with E-state index in [4.69, 9.17) is 5.11 Å². The monoisotopic (exact) mass is 247 g/mol. The van der Waals surface area contributed by atoms with Gasteiger partial charge in [0.05, 0.1) is 0 Å². The first-order valence-electron chi connectivity index (χ1n) is 4.57. The predicted octanol–water partition coefficient (Wildman–Crippen LogP) is -1.03. The van der Waals surface area contributed by atoms with Crippen molar-refractivity contribution in [1.29, 1.82) is 0 Å². The van der Waals surface area contributed by atoms with Crippen LogP contribution in [0.2, 0.25) is 0 Å². The molecule has 16 heavy (non-hydrogen) atoms. The van der Waals surface area contributed by atoms with Gasteiger partial charge in [-0.25, -0.2) is 13.1 Å². The number of aliphatic carboxylic acids is 1. The Morgan fingerprint density at radius 3 is 2.81 bits per heavy atom. The second kappa shape index (κ2) is 5.08. The molecule has 0 amide bonds. The number of aromatic nitrogens is 2. The maximum Gasteiger partial charge on any atom is 0.320 e. The minimum Gasteiger partial charge on any atom is -0.480 e. The lowest BCUT2D eigenvalue weighted by Crippen LogP contribution is -2.31. The van der Waals surface area contributed by atoms with Crippen LogP contribution in [0.25, 0.3) is 0 Å². The lowest BCUT2D eigenvalue weighted by atomic mass is 10.3. The van der Waals surface area contributed by atoms with Crippen molar-refractivity contribution < 1.29 is 18.3 Å². The fourth-order valence-corrected chi connectivity index (χ4v) is 2.03. The van der Waals surface area contributed by atoms with Gasteiger partial charge in [-0.2, -0.15) is 5.10 Å². The molecule has 90 valence electrons. The van der Waals surface area contributed by atoms with E-state index in [0.717, 1.165) is 5.69 Å². The SMILES string of the molecule is Cn1nccc1CCNS(=O)(=O)CC(=O)O. The predicted molar refractivity (Wildman–Crippen MR) is 56.3 cm³/mol. The number of hydrogen-bond acceptors (Lipinski definition) is 4. The summed E-state index contributed by atoms with van der Waals surface area (Å²) < 4.78 is 26.1. The highest BCUT2D eigenvalue weighted by Gasteiger charge is 2.14. The molecular formula is C8H13N3O4S. The number of carbonyl (C=O) groups is 1. The third kappa shape index (κ3) is 3.99. The van der Waals surface area contributed by atoms with Crippen LogP contribution in [0.3, 0.4) is 0 Å². The van der Waals surface area contributed by atoms with E-state index in [-0.39, 0.29) is 6.54 Å². The number of sulfonamides is 1. The van der Waals surface area contributed by atoms with Crippen LogP contribution in [0.4, 0.5) is 0 Å². The molecule has 8 heteroatoms. The third-order valence-electron chi connectivity index (χ3n) is 1.94. The fourth-order valence-electron chi connectivity index (χ4n) is 1.19. The summed E-state index contributed by atoms with van der Waals surface area (Å²) in [6.45, 7) is 0.162. The minimum atomic E-state index is -3.73. The van der Waals surface area contributed by atoms with Crippen LogP contribution >= 0.6 is 0 Å². The fraction of sp³-hybridized carbons (Fsp3) is 0.500. The Morgan fingerprint density at radius 1 is 1.62 bits per heavy atom. The first-order valence-corrected chi connectivity index (χ1v) is 6.22. The van der Waals surface area contributed by atoms with E-state index < -0.39 is 21.7 Å². The number of nitrogens with zero attached hydrogens (tertiary/aromatic N) is 2. The van der Waals surface area contributed by atoms with Crippen LogP contribution < -0.4 is 4.72 Å². The number of aryl methyl sites for hydroxylation is 1. The Labute approximate surface area is 93.1 Å². The van der Waals surface area contributed by atoms with Crippen LogP contribution in [-0.4, -0.2) is 41.6 Å². The van der Waals surface area contributed by atoms with Crippen LogP contribution in [-0.2, 0) is 28.3 Å². The zero-order valence-electron chi connectivity index (χ0n) is 8.75. The molecule has 0 spiro atoms. The van der Waals surface area contributed by atoms with Crippen LogP contribution in [0.1, 0.15) is 5.69 Å². The van der Waals surface area contributed by atoms with E-state index in [1.165, 1.54) is 0 Å². The standard InChI is InChI=1S/C8H13N3O4S/c1-11-7(2-4-9-11)3-5-10-16(14,15)6-8(12)13/h2,4,10H,3,5-6H2,1H3,(H,12,13). The van der Waals surface area contributed by atoms with Gasteiger partial charge in [0.15, 0.2) is 5.75 Å². The quantitative estimate of drug-likeness (QED) is 0.669. The zero-order valence-corrected chi connectivity index (χ0v) is 9.57. The highest BCUT2D eigenvalue weighted by Crippen LogP contribution is 1.96. The van der Waals surface area contributed by atoms with Crippen molar-refractivity contribution >= 4 is 16.0 Å². The number of carboxylic acid groups (broad SMARTS) is 1. The van der Waals surface area contributed by atoms with Gasteiger partial charge in [0, 0.05) is 31.9 Å².